The van der Waals surface area contributed by atoms with Crippen LogP contribution in [0, 0.1) is 0 Å². The largest absolute Gasteiger partial charge is 0.387 e. The van der Waals surface area contributed by atoms with Gasteiger partial charge in [-0.05, 0) is 0 Å². The molecule has 0 aromatic heterocycles. The van der Waals surface area contributed by atoms with Crippen molar-refractivity contribution >= 4 is 0 Å². The van der Waals surface area contributed by atoms with Gasteiger partial charge in [-0.1, -0.05) is 0 Å². The van der Waals surface area contributed by atoms with E-state index in [0.29, 0.717) is 0 Å². The van der Waals surface area contributed by atoms with Crippen LogP contribution in [0.3, 0.4) is 0 Å². The van der Waals surface area contributed by atoms with Gasteiger partial charge in [-0.15, -0.1) is 0 Å². The van der Waals surface area contributed by atoms with E-state index in [1.807, 2.05) is 0 Å². The molecule has 6 atom stereocenters. The summed E-state index contributed by atoms with van der Waals surface area (Å²) in [4.78, 5) is 0. The summed E-state index contributed by atoms with van der Waals surface area (Å²) in [5, 5.41) is 19.9. The van der Waals surface area contributed by atoms with Crippen molar-refractivity contribution in [2.45, 2.75) is 36.6 Å². The van der Waals surface area contributed by atoms with Crippen molar-refractivity contribution in [1.29, 1.82) is 0 Å². The van der Waals surface area contributed by atoms with Gasteiger partial charge in [0.05, 0.1) is 0 Å². The number of hydrogen-bond acceptors (Lipinski definition) is 7. The van der Waals surface area contributed by atoms with Gasteiger partial charge in [0, 0.05) is 14.2 Å². The van der Waals surface area contributed by atoms with Gasteiger partial charge >= 0.3 is 0 Å². The Balaban J connectivity index is 1.99. The first-order chi connectivity index (χ1) is 8.20. The van der Waals surface area contributed by atoms with E-state index < -0.39 is 24.4 Å². The van der Waals surface area contributed by atoms with Gasteiger partial charge in [0.15, 0.2) is 0 Å². The molecule has 1 saturated heterocycles. The Morgan fingerprint density at radius 1 is 0.882 bits per heavy atom. The Kier molecular flexibility index (Phi) is 4.31. The van der Waals surface area contributed by atoms with Gasteiger partial charge in [-0.2, -0.15) is 0 Å². The molecule has 7 heteroatoms. The average molecular weight is 250 g/mol. The fraction of sp³-hybridized carbons (Fsp3) is 1.00. The summed E-state index contributed by atoms with van der Waals surface area (Å²) >= 11 is 0. The minimum absolute atomic E-state index is 0.0126. The van der Waals surface area contributed by atoms with Crippen molar-refractivity contribution in [3.05, 3.63) is 0 Å². The SMILES string of the molecule is COCO[C@@H]1[C@@H](O)[C@H]2O[C@H]2[C@H](O)[C@H]1OCOC. The highest BCUT2D eigenvalue weighted by Crippen LogP contribution is 2.39. The van der Waals surface area contributed by atoms with Crippen LogP contribution in [-0.2, 0) is 23.7 Å². The van der Waals surface area contributed by atoms with Crippen LogP contribution in [0.2, 0.25) is 0 Å². The molecule has 17 heavy (non-hydrogen) atoms. The van der Waals surface area contributed by atoms with E-state index in [4.69, 9.17) is 23.7 Å². The Bertz CT molecular complexity index is 225. The molecule has 1 aliphatic carbocycles. The first-order valence-electron chi connectivity index (χ1n) is 5.43. The molecule has 0 amide bonds. The Morgan fingerprint density at radius 3 is 1.65 bits per heavy atom. The van der Waals surface area contributed by atoms with E-state index >= 15 is 0 Å². The minimum atomic E-state index is -0.833. The molecule has 0 aromatic carbocycles. The number of hydrogen-bond donors (Lipinski definition) is 2. The lowest BCUT2D eigenvalue weighted by molar-refractivity contribution is -0.217. The number of epoxide rings is 1. The second-order valence-electron chi connectivity index (χ2n) is 4.12. The number of aliphatic hydroxyl groups is 2. The molecule has 100 valence electrons. The standard InChI is InChI=1S/C10H18O7/c1-13-3-15-7-5(11)9-10(17-9)6(12)8(7)16-4-14-2/h5-12H,3-4H2,1-2H3/t5-,6-,7-,8-,9-,10+/m1/s1. The summed E-state index contributed by atoms with van der Waals surface area (Å²) < 4.78 is 25.4. The molecule has 2 fully saturated rings. The highest BCUT2D eigenvalue weighted by Gasteiger charge is 2.61. The fourth-order valence-electron chi connectivity index (χ4n) is 2.13. The summed E-state index contributed by atoms with van der Waals surface area (Å²) in [5.74, 6) is 0. The molecule has 2 N–H and O–H groups in total. The second kappa shape index (κ2) is 5.57. The quantitative estimate of drug-likeness (QED) is 0.436. The Labute approximate surface area is 99.2 Å². The average Bonchev–Trinajstić information content (AvgIpc) is 3.11. The maximum Gasteiger partial charge on any atom is 0.146 e. The van der Waals surface area contributed by atoms with Gasteiger partial charge in [-0.25, -0.2) is 0 Å². The lowest BCUT2D eigenvalue weighted by Crippen LogP contribution is -2.56. The smallest absolute Gasteiger partial charge is 0.146 e. The van der Waals surface area contributed by atoms with Crippen LogP contribution in [0.25, 0.3) is 0 Å². The van der Waals surface area contributed by atoms with Crippen molar-refractivity contribution in [2.75, 3.05) is 27.8 Å². The molecule has 1 saturated carbocycles. The van der Waals surface area contributed by atoms with E-state index in [1.165, 1.54) is 14.2 Å². The number of aliphatic hydroxyl groups excluding tert-OH is 2. The monoisotopic (exact) mass is 250 g/mol. The molecular weight excluding hydrogens is 232 g/mol. The number of ether oxygens (including phenoxy) is 5. The van der Waals surface area contributed by atoms with Gasteiger partial charge in [-0.3, -0.25) is 0 Å². The molecule has 1 heterocycles. The summed E-state index contributed by atoms with van der Waals surface area (Å²) in [6.45, 7) is 0.0251. The third-order valence-electron chi connectivity index (χ3n) is 2.99. The lowest BCUT2D eigenvalue weighted by atomic mass is 9.89. The van der Waals surface area contributed by atoms with Crippen LogP contribution in [0.1, 0.15) is 0 Å². The molecule has 0 aromatic rings. The summed E-state index contributed by atoms with van der Waals surface area (Å²) in [6.07, 6.45) is -3.81. The van der Waals surface area contributed by atoms with Crippen LogP contribution in [0.4, 0.5) is 0 Å². The third-order valence-corrected chi connectivity index (χ3v) is 2.99. The van der Waals surface area contributed by atoms with E-state index in [2.05, 4.69) is 0 Å². The van der Waals surface area contributed by atoms with Gasteiger partial charge in [0.2, 0.25) is 0 Å². The normalized spacial score (nSPS) is 44.5. The Hall–Kier alpha value is -0.280. The molecule has 0 unspecified atom stereocenters. The first kappa shape index (κ1) is 13.2. The highest BCUT2D eigenvalue weighted by molar-refractivity contribution is 5.09. The van der Waals surface area contributed by atoms with E-state index in [-0.39, 0.29) is 25.8 Å². The van der Waals surface area contributed by atoms with Crippen LogP contribution < -0.4 is 0 Å². The maximum absolute atomic E-state index is 9.96. The zero-order chi connectivity index (χ0) is 12.4. The van der Waals surface area contributed by atoms with Crippen molar-refractivity contribution in [3.8, 4) is 0 Å². The predicted octanol–water partition coefficient (Wildman–Crippen LogP) is -1.53. The molecular formula is C10H18O7. The molecule has 0 radical (unpaired) electrons. The van der Waals surface area contributed by atoms with E-state index in [9.17, 15) is 10.2 Å². The molecule has 0 spiro atoms. The van der Waals surface area contributed by atoms with Crippen LogP contribution in [0.5, 0.6) is 0 Å². The van der Waals surface area contributed by atoms with Crippen LogP contribution >= 0.6 is 0 Å². The zero-order valence-corrected chi connectivity index (χ0v) is 9.81. The molecule has 7 nitrogen and oxygen atoms in total. The van der Waals surface area contributed by atoms with E-state index in [0.717, 1.165) is 0 Å². The topological polar surface area (TPSA) is 89.9 Å². The van der Waals surface area contributed by atoms with Crippen molar-refractivity contribution < 1.29 is 33.9 Å². The fourth-order valence-corrected chi connectivity index (χ4v) is 2.13. The van der Waals surface area contributed by atoms with Gasteiger partial charge in [0.1, 0.15) is 50.2 Å². The maximum atomic E-state index is 9.96. The third kappa shape index (κ3) is 2.60. The van der Waals surface area contributed by atoms with Gasteiger partial charge in [0.25, 0.3) is 0 Å². The summed E-state index contributed by atoms with van der Waals surface area (Å²) in [5.41, 5.74) is 0. The predicted molar refractivity (Wildman–Crippen MR) is 54.2 cm³/mol. The van der Waals surface area contributed by atoms with Crippen molar-refractivity contribution in [1.82, 2.24) is 0 Å². The molecule has 0 bridgehead atoms. The second-order valence-corrected chi connectivity index (χ2v) is 4.12. The van der Waals surface area contributed by atoms with E-state index in [1.54, 1.807) is 0 Å². The van der Waals surface area contributed by atoms with Crippen LogP contribution in [-0.4, -0.2) is 74.6 Å². The molecule has 1 aliphatic heterocycles. The number of rotatable bonds is 6. The molecule has 2 aliphatic rings. The molecule has 2 rings (SSSR count). The first-order valence-corrected chi connectivity index (χ1v) is 5.43. The number of methoxy groups -OCH3 is 2. The Morgan fingerprint density at radius 2 is 1.29 bits per heavy atom. The summed E-state index contributed by atoms with van der Waals surface area (Å²) in [6, 6.07) is 0. The lowest BCUT2D eigenvalue weighted by Gasteiger charge is -2.35. The summed E-state index contributed by atoms with van der Waals surface area (Å²) in [7, 11) is 2.96. The van der Waals surface area contributed by atoms with Crippen LogP contribution in [0.15, 0.2) is 0 Å². The highest BCUT2D eigenvalue weighted by atomic mass is 16.7. The number of fused-ring (bicyclic) bond motifs is 1. The minimum Gasteiger partial charge on any atom is -0.387 e. The van der Waals surface area contributed by atoms with Crippen molar-refractivity contribution in [3.63, 3.8) is 0 Å². The van der Waals surface area contributed by atoms with Crippen molar-refractivity contribution in [2.24, 2.45) is 0 Å². The zero-order valence-electron chi connectivity index (χ0n) is 9.81. The van der Waals surface area contributed by atoms with Gasteiger partial charge < -0.3 is 33.9 Å².